The van der Waals surface area contributed by atoms with E-state index in [-0.39, 0.29) is 28.5 Å². The number of carbonyl (C=O) groups excluding carboxylic acids is 1. The third-order valence-corrected chi connectivity index (χ3v) is 6.96. The van der Waals surface area contributed by atoms with Crippen LogP contribution in [-0.4, -0.2) is 34.0 Å². The van der Waals surface area contributed by atoms with Crippen molar-refractivity contribution in [2.45, 2.75) is 49.5 Å². The Labute approximate surface area is 160 Å². The van der Waals surface area contributed by atoms with Crippen LogP contribution in [0.1, 0.15) is 37.7 Å². The number of nitrogens with two attached hydrogens (primary N) is 2. The lowest BCUT2D eigenvalue weighted by atomic mass is 9.65. The minimum absolute atomic E-state index is 0.0379. The second-order valence-corrected chi connectivity index (χ2v) is 9.30. The summed E-state index contributed by atoms with van der Waals surface area (Å²) in [5.74, 6) is 1.27. The van der Waals surface area contributed by atoms with Crippen molar-refractivity contribution >= 4 is 15.9 Å². The number of primary sulfonamides is 1. The fraction of sp³-hybridized carbons (Fsp3) is 0.632. The van der Waals surface area contributed by atoms with Crippen LogP contribution in [0.5, 0.6) is 5.75 Å². The molecule has 0 aromatic heterocycles. The van der Waals surface area contributed by atoms with Crippen LogP contribution in [0.25, 0.3) is 0 Å². The van der Waals surface area contributed by atoms with Crippen LogP contribution in [0.15, 0.2) is 23.1 Å². The van der Waals surface area contributed by atoms with Crippen molar-refractivity contribution in [1.82, 2.24) is 5.32 Å². The predicted octanol–water partition coefficient (Wildman–Crippen LogP) is 1.15. The van der Waals surface area contributed by atoms with Crippen LogP contribution in [0.2, 0.25) is 0 Å². The van der Waals surface area contributed by atoms with Crippen LogP contribution in [0.4, 0.5) is 0 Å². The minimum Gasteiger partial charge on any atom is -0.495 e. The Kier molecular flexibility index (Phi) is 6.08. The normalized spacial score (nSPS) is 27.8. The standard InChI is InChI=1S/C19H29N3O4S/c1-26-16-6-5-12(9-17(16)27(21,24)25)7-8-22-19(23)15-10-13-3-2-4-14(11-15)18(13)20/h5-6,9,13-15,18H,2-4,7-8,10-11,20H2,1H3,(H,22,23)(H2,21,24,25). The van der Waals surface area contributed by atoms with Gasteiger partial charge in [-0.1, -0.05) is 12.5 Å². The van der Waals surface area contributed by atoms with Gasteiger partial charge in [-0.25, -0.2) is 13.6 Å². The second kappa shape index (κ2) is 8.16. The molecule has 150 valence electrons. The molecule has 2 bridgehead atoms. The topological polar surface area (TPSA) is 125 Å². The van der Waals surface area contributed by atoms with Gasteiger partial charge >= 0.3 is 0 Å². The van der Waals surface area contributed by atoms with Crippen LogP contribution in [0, 0.1) is 17.8 Å². The monoisotopic (exact) mass is 395 g/mol. The Morgan fingerprint density at radius 1 is 1.26 bits per heavy atom. The second-order valence-electron chi connectivity index (χ2n) is 7.77. The molecule has 2 fully saturated rings. The number of methoxy groups -OCH3 is 1. The Bertz CT molecular complexity index is 782. The zero-order valence-corrected chi connectivity index (χ0v) is 16.5. The molecule has 27 heavy (non-hydrogen) atoms. The number of ether oxygens (including phenoxy) is 1. The lowest BCUT2D eigenvalue weighted by Crippen LogP contribution is -2.49. The van der Waals surface area contributed by atoms with E-state index in [4.69, 9.17) is 15.6 Å². The molecule has 1 aromatic rings. The van der Waals surface area contributed by atoms with Crippen molar-refractivity contribution in [1.29, 1.82) is 0 Å². The quantitative estimate of drug-likeness (QED) is 0.666. The first-order chi connectivity index (χ1) is 12.8. The minimum atomic E-state index is -3.86. The Morgan fingerprint density at radius 2 is 1.93 bits per heavy atom. The van der Waals surface area contributed by atoms with Crippen LogP contribution >= 0.6 is 0 Å². The molecule has 0 radical (unpaired) electrons. The summed E-state index contributed by atoms with van der Waals surface area (Å²) in [7, 11) is -2.47. The number of nitrogens with one attached hydrogen (secondary N) is 1. The largest absolute Gasteiger partial charge is 0.495 e. The van der Waals surface area contributed by atoms with Crippen molar-refractivity contribution in [2.24, 2.45) is 28.6 Å². The van der Waals surface area contributed by atoms with Crippen molar-refractivity contribution in [2.75, 3.05) is 13.7 Å². The maximum absolute atomic E-state index is 12.6. The van der Waals surface area contributed by atoms with Crippen molar-refractivity contribution < 1.29 is 17.9 Å². The van der Waals surface area contributed by atoms with Crippen LogP contribution in [-0.2, 0) is 21.2 Å². The first-order valence-electron chi connectivity index (χ1n) is 9.52. The van der Waals surface area contributed by atoms with E-state index in [0.29, 0.717) is 24.8 Å². The fourth-order valence-corrected chi connectivity index (χ4v) is 5.32. The van der Waals surface area contributed by atoms with E-state index in [0.717, 1.165) is 31.2 Å². The predicted molar refractivity (Wildman–Crippen MR) is 103 cm³/mol. The molecule has 8 heteroatoms. The van der Waals surface area contributed by atoms with Gasteiger partial charge in [0, 0.05) is 18.5 Å². The van der Waals surface area contributed by atoms with E-state index in [2.05, 4.69) is 5.32 Å². The van der Waals surface area contributed by atoms with Gasteiger partial charge in [-0.15, -0.1) is 0 Å². The molecule has 3 rings (SSSR count). The molecule has 7 nitrogen and oxygen atoms in total. The van der Waals surface area contributed by atoms with Gasteiger partial charge in [-0.2, -0.15) is 0 Å². The van der Waals surface area contributed by atoms with E-state index in [1.807, 2.05) is 0 Å². The number of amides is 1. The van der Waals surface area contributed by atoms with Gasteiger partial charge in [0.2, 0.25) is 15.9 Å². The molecule has 5 N–H and O–H groups in total. The molecule has 0 saturated heterocycles. The summed E-state index contributed by atoms with van der Waals surface area (Å²) >= 11 is 0. The molecular weight excluding hydrogens is 366 g/mol. The highest BCUT2D eigenvalue weighted by atomic mass is 32.2. The van der Waals surface area contributed by atoms with E-state index >= 15 is 0 Å². The highest BCUT2D eigenvalue weighted by molar-refractivity contribution is 7.89. The summed E-state index contributed by atoms with van der Waals surface area (Å²) in [5, 5.41) is 8.24. The summed E-state index contributed by atoms with van der Waals surface area (Å²) < 4.78 is 28.4. The SMILES string of the molecule is COc1ccc(CCNC(=O)C2CC3CCCC(C2)C3N)cc1S(N)(=O)=O. The average molecular weight is 396 g/mol. The van der Waals surface area contributed by atoms with Crippen molar-refractivity contribution in [3.05, 3.63) is 23.8 Å². The number of benzene rings is 1. The lowest BCUT2D eigenvalue weighted by Gasteiger charge is -2.43. The Morgan fingerprint density at radius 3 is 2.52 bits per heavy atom. The number of fused-ring (bicyclic) bond motifs is 2. The highest BCUT2D eigenvalue weighted by Crippen LogP contribution is 2.41. The molecule has 2 atom stereocenters. The van der Waals surface area contributed by atoms with Crippen LogP contribution in [0.3, 0.4) is 0 Å². The Balaban J connectivity index is 1.56. The number of rotatable bonds is 6. The first-order valence-corrected chi connectivity index (χ1v) is 11.1. The van der Waals surface area contributed by atoms with E-state index < -0.39 is 10.0 Å². The smallest absolute Gasteiger partial charge is 0.241 e. The third-order valence-electron chi connectivity index (χ3n) is 6.03. The van der Waals surface area contributed by atoms with Gasteiger partial charge < -0.3 is 15.8 Å². The number of sulfonamides is 1. The van der Waals surface area contributed by atoms with E-state index in [1.165, 1.54) is 19.6 Å². The van der Waals surface area contributed by atoms with Gasteiger partial charge in [0.05, 0.1) is 7.11 Å². The van der Waals surface area contributed by atoms with E-state index in [1.54, 1.807) is 12.1 Å². The number of hydrogen-bond donors (Lipinski definition) is 3. The first kappa shape index (κ1) is 20.1. The van der Waals surface area contributed by atoms with Crippen molar-refractivity contribution in [3.8, 4) is 5.75 Å². The zero-order valence-electron chi connectivity index (χ0n) is 15.7. The number of hydrogen-bond acceptors (Lipinski definition) is 5. The third kappa shape index (κ3) is 4.62. The van der Waals surface area contributed by atoms with Gasteiger partial charge in [0.1, 0.15) is 10.6 Å². The van der Waals surface area contributed by atoms with Gasteiger partial charge in [0.25, 0.3) is 0 Å². The Hall–Kier alpha value is -1.64. The van der Waals surface area contributed by atoms with Crippen LogP contribution < -0.4 is 20.9 Å². The maximum atomic E-state index is 12.6. The zero-order chi connectivity index (χ0) is 19.6. The molecule has 0 aliphatic heterocycles. The summed E-state index contributed by atoms with van der Waals surface area (Å²) in [6.45, 7) is 0.451. The molecule has 2 unspecified atom stereocenters. The molecule has 0 heterocycles. The molecule has 0 spiro atoms. The summed E-state index contributed by atoms with van der Waals surface area (Å²) in [4.78, 5) is 12.5. The molecule has 2 aliphatic carbocycles. The van der Waals surface area contributed by atoms with Crippen molar-refractivity contribution in [3.63, 3.8) is 0 Å². The molecule has 1 aromatic carbocycles. The van der Waals surface area contributed by atoms with Gasteiger partial charge in [-0.05, 0) is 61.6 Å². The molecule has 1 amide bonds. The van der Waals surface area contributed by atoms with Gasteiger partial charge in [-0.3, -0.25) is 4.79 Å². The molecular formula is C19H29N3O4S. The number of carbonyl (C=O) groups is 1. The van der Waals surface area contributed by atoms with E-state index in [9.17, 15) is 13.2 Å². The molecule has 2 aliphatic rings. The average Bonchev–Trinajstić information content (AvgIpc) is 2.60. The summed E-state index contributed by atoms with van der Waals surface area (Å²) in [6.07, 6.45) is 5.76. The lowest BCUT2D eigenvalue weighted by molar-refractivity contribution is -0.127. The molecule has 2 saturated carbocycles. The summed E-state index contributed by atoms with van der Waals surface area (Å²) in [5.41, 5.74) is 7.07. The van der Waals surface area contributed by atoms with Gasteiger partial charge in [0.15, 0.2) is 0 Å². The fourth-order valence-electron chi connectivity index (χ4n) is 4.58. The summed E-state index contributed by atoms with van der Waals surface area (Å²) in [6, 6.07) is 5.12. The highest BCUT2D eigenvalue weighted by Gasteiger charge is 2.40. The maximum Gasteiger partial charge on any atom is 0.241 e.